The van der Waals surface area contributed by atoms with Crippen molar-refractivity contribution in [3.63, 3.8) is 0 Å². The van der Waals surface area contributed by atoms with E-state index in [2.05, 4.69) is 26.9 Å². The molecule has 190 valence electrons. The quantitative estimate of drug-likeness (QED) is 0.449. The minimum atomic E-state index is -0.731. The minimum absolute atomic E-state index is 0.0259. The average molecular weight is 503 g/mol. The zero-order valence-electron chi connectivity index (χ0n) is 20.6. The van der Waals surface area contributed by atoms with E-state index in [1.807, 2.05) is 48.7 Å². The molecule has 11 nitrogen and oxygen atoms in total. The second kappa shape index (κ2) is 8.68. The number of amides is 2. The molecule has 1 aromatic carbocycles. The Kier molecular flexibility index (Phi) is 5.43. The van der Waals surface area contributed by atoms with Gasteiger partial charge in [-0.05, 0) is 35.4 Å². The summed E-state index contributed by atoms with van der Waals surface area (Å²) in [5.41, 5.74) is 1.24. The normalized spacial score (nSPS) is 27.1. The Morgan fingerprint density at radius 1 is 1.03 bits per heavy atom. The fourth-order valence-electron chi connectivity index (χ4n) is 5.85. The molecule has 2 amide bonds. The topological polar surface area (TPSA) is 120 Å². The van der Waals surface area contributed by atoms with Gasteiger partial charge >= 0.3 is 18.1 Å². The molecular weight excluding hydrogens is 476 g/mol. The zero-order valence-corrected chi connectivity index (χ0v) is 20.6. The number of aromatic nitrogens is 4. The van der Waals surface area contributed by atoms with E-state index in [4.69, 9.17) is 14.2 Å². The van der Waals surface area contributed by atoms with Gasteiger partial charge in [-0.3, -0.25) is 19.6 Å². The van der Waals surface area contributed by atoms with E-state index in [9.17, 15) is 9.59 Å². The Bertz CT molecular complexity index is 1320. The summed E-state index contributed by atoms with van der Waals surface area (Å²) < 4.78 is 15.9. The maximum absolute atomic E-state index is 13.9. The number of nitrogens with zero attached hydrogens (tertiary/aromatic N) is 6. The lowest BCUT2D eigenvalue weighted by molar-refractivity contribution is -0.133. The third-order valence-electron chi connectivity index (χ3n) is 7.71. The summed E-state index contributed by atoms with van der Waals surface area (Å²) >= 11 is 0. The summed E-state index contributed by atoms with van der Waals surface area (Å²) in [5.74, 6) is -0.0603. The van der Waals surface area contributed by atoms with E-state index in [-0.39, 0.29) is 48.4 Å². The average Bonchev–Trinajstić information content (AvgIpc) is 3.60. The highest BCUT2D eigenvalue weighted by molar-refractivity contribution is 6.09. The van der Waals surface area contributed by atoms with Gasteiger partial charge in [0.2, 0.25) is 5.95 Å². The lowest BCUT2D eigenvalue weighted by Crippen LogP contribution is -2.75. The molecule has 11 heteroatoms. The Hall–Kier alpha value is -4.28. The molecule has 1 spiro atoms. The highest BCUT2D eigenvalue weighted by Gasteiger charge is 2.79. The van der Waals surface area contributed by atoms with Crippen LogP contribution in [0.15, 0.2) is 54.9 Å². The molecule has 3 aromatic rings. The highest BCUT2D eigenvalue weighted by atomic mass is 16.6. The van der Waals surface area contributed by atoms with E-state index in [0.717, 1.165) is 11.1 Å². The molecule has 2 aromatic heterocycles. The summed E-state index contributed by atoms with van der Waals surface area (Å²) in [5, 5.41) is 0. The van der Waals surface area contributed by atoms with Gasteiger partial charge in [-0.15, -0.1) is 4.98 Å². The van der Waals surface area contributed by atoms with E-state index in [1.165, 1.54) is 14.2 Å². The smallest absolute Gasteiger partial charge is 0.411 e. The fourth-order valence-corrected chi connectivity index (χ4v) is 5.85. The summed E-state index contributed by atoms with van der Waals surface area (Å²) in [7, 11) is 2.87. The molecule has 37 heavy (non-hydrogen) atoms. The summed E-state index contributed by atoms with van der Waals surface area (Å²) in [4.78, 5) is 47.2. The number of anilines is 1. The minimum Gasteiger partial charge on any atom is -0.467 e. The van der Waals surface area contributed by atoms with Gasteiger partial charge < -0.3 is 14.2 Å². The van der Waals surface area contributed by atoms with Gasteiger partial charge in [0.15, 0.2) is 0 Å². The number of β-lactam (4-membered cyclic amide) rings is 1. The standard InChI is InChI=1S/C26H26N6O5/c1-15(17-10-7-11-27-13-17)18-12-26(18)20(31-19(14-37-25(31)34)16-8-5-4-6-9-16)21(33)32(26)22-28-23(35-2)30-24(29-22)36-3/h4-11,13,15,18-20H,12,14H2,1-3H3/t15?,18-,19+,20-,26-/m0/s1. The van der Waals surface area contributed by atoms with Crippen LogP contribution in [0.4, 0.5) is 10.7 Å². The third-order valence-corrected chi connectivity index (χ3v) is 7.71. The Balaban J connectivity index is 1.43. The molecule has 1 unspecified atom stereocenters. The first-order chi connectivity index (χ1) is 18.0. The molecule has 2 saturated heterocycles. The number of carbonyl (C=O) groups excluding carboxylic acids is 2. The van der Waals surface area contributed by atoms with E-state index < -0.39 is 17.7 Å². The molecule has 5 atom stereocenters. The maximum Gasteiger partial charge on any atom is 0.411 e. The van der Waals surface area contributed by atoms with Crippen molar-refractivity contribution in [2.75, 3.05) is 25.7 Å². The number of hydrogen-bond acceptors (Lipinski definition) is 9. The lowest BCUT2D eigenvalue weighted by Gasteiger charge is -2.51. The van der Waals surface area contributed by atoms with Gasteiger partial charge in [-0.1, -0.05) is 43.3 Å². The molecule has 2 aliphatic heterocycles. The molecule has 4 heterocycles. The van der Waals surface area contributed by atoms with Crippen molar-refractivity contribution in [3.8, 4) is 12.0 Å². The second-order valence-electron chi connectivity index (χ2n) is 9.47. The van der Waals surface area contributed by atoms with Crippen LogP contribution in [0, 0.1) is 5.92 Å². The van der Waals surface area contributed by atoms with Crippen molar-refractivity contribution in [1.29, 1.82) is 0 Å². The first-order valence-electron chi connectivity index (χ1n) is 12.1. The monoisotopic (exact) mass is 502 g/mol. The predicted molar refractivity (Wildman–Crippen MR) is 130 cm³/mol. The van der Waals surface area contributed by atoms with Crippen molar-refractivity contribution < 1.29 is 23.8 Å². The number of pyridine rings is 1. The first kappa shape index (κ1) is 23.1. The van der Waals surface area contributed by atoms with Gasteiger partial charge in [-0.2, -0.15) is 9.97 Å². The lowest BCUT2D eigenvalue weighted by atomic mass is 9.83. The largest absolute Gasteiger partial charge is 0.467 e. The maximum atomic E-state index is 13.9. The molecule has 6 rings (SSSR count). The number of benzene rings is 1. The summed E-state index contributed by atoms with van der Waals surface area (Å²) in [6.07, 6.45) is 3.72. The molecule has 0 bridgehead atoms. The fraction of sp³-hybridized carbons (Fsp3) is 0.385. The van der Waals surface area contributed by atoms with Crippen molar-refractivity contribution in [3.05, 3.63) is 66.0 Å². The molecule has 3 aliphatic rings. The third kappa shape index (κ3) is 3.48. The number of hydrogen-bond donors (Lipinski definition) is 0. The van der Waals surface area contributed by atoms with Crippen LogP contribution in [0.25, 0.3) is 0 Å². The highest BCUT2D eigenvalue weighted by Crippen LogP contribution is 2.65. The number of rotatable bonds is 7. The van der Waals surface area contributed by atoms with Crippen molar-refractivity contribution in [1.82, 2.24) is 24.8 Å². The van der Waals surface area contributed by atoms with Crippen molar-refractivity contribution in [2.45, 2.75) is 36.9 Å². The molecule has 3 fully saturated rings. The zero-order chi connectivity index (χ0) is 25.7. The van der Waals surface area contributed by atoms with Crippen LogP contribution in [0.5, 0.6) is 12.0 Å². The SMILES string of the molecule is COc1nc(OC)nc(N2C(=O)[C@H](N3C(=O)OC[C@@H]3c3ccccc3)[C@@]23C[C@H]3C(C)c2cccnc2)n1. The molecule has 1 saturated carbocycles. The van der Waals surface area contributed by atoms with Crippen LogP contribution in [0.2, 0.25) is 0 Å². The van der Waals surface area contributed by atoms with Crippen LogP contribution >= 0.6 is 0 Å². The predicted octanol–water partition coefficient (Wildman–Crippen LogP) is 2.75. The van der Waals surface area contributed by atoms with E-state index in [1.54, 1.807) is 16.0 Å². The Labute approximate surface area is 213 Å². The van der Waals surface area contributed by atoms with Crippen LogP contribution in [0.3, 0.4) is 0 Å². The number of carbonyl (C=O) groups is 2. The van der Waals surface area contributed by atoms with Gasteiger partial charge in [0.25, 0.3) is 5.91 Å². The molecule has 0 radical (unpaired) electrons. The Morgan fingerprint density at radius 3 is 2.41 bits per heavy atom. The van der Waals surface area contributed by atoms with E-state index >= 15 is 0 Å². The van der Waals surface area contributed by atoms with Gasteiger partial charge in [0.1, 0.15) is 12.6 Å². The first-order valence-corrected chi connectivity index (χ1v) is 12.1. The summed E-state index contributed by atoms with van der Waals surface area (Å²) in [6.45, 7) is 2.29. The van der Waals surface area contributed by atoms with Crippen LogP contribution in [-0.2, 0) is 9.53 Å². The van der Waals surface area contributed by atoms with Crippen molar-refractivity contribution in [2.24, 2.45) is 5.92 Å². The van der Waals surface area contributed by atoms with E-state index in [0.29, 0.717) is 6.42 Å². The van der Waals surface area contributed by atoms with Crippen LogP contribution < -0.4 is 14.4 Å². The van der Waals surface area contributed by atoms with Gasteiger partial charge in [0.05, 0.1) is 25.8 Å². The van der Waals surface area contributed by atoms with Gasteiger partial charge in [0, 0.05) is 12.4 Å². The van der Waals surface area contributed by atoms with Crippen LogP contribution in [-0.4, -0.2) is 69.2 Å². The molecule has 1 aliphatic carbocycles. The molecular formula is C26H26N6O5. The second-order valence-corrected chi connectivity index (χ2v) is 9.47. The Morgan fingerprint density at radius 2 is 1.76 bits per heavy atom. The van der Waals surface area contributed by atoms with Crippen molar-refractivity contribution >= 4 is 17.9 Å². The number of cyclic esters (lactones) is 1. The summed E-state index contributed by atoms with van der Waals surface area (Å²) in [6, 6.07) is 12.5. The number of ether oxygens (including phenoxy) is 3. The number of methoxy groups -OCH3 is 2. The van der Waals surface area contributed by atoms with Gasteiger partial charge in [-0.25, -0.2) is 4.79 Å². The van der Waals surface area contributed by atoms with Crippen LogP contribution in [0.1, 0.15) is 36.4 Å². The molecule has 0 N–H and O–H groups in total.